The van der Waals surface area contributed by atoms with Crippen molar-refractivity contribution in [1.82, 2.24) is 40.4 Å². The Labute approximate surface area is 381 Å². The van der Waals surface area contributed by atoms with Crippen molar-refractivity contribution in [2.24, 2.45) is 29.1 Å². The monoisotopic (exact) mass is 884 g/mol. The first-order valence-corrected chi connectivity index (χ1v) is 24.1. The minimum absolute atomic E-state index is 0.0459. The summed E-state index contributed by atoms with van der Waals surface area (Å²) in [6, 6.07) is 12.0. The number of fused-ring (bicyclic) bond motifs is 3. The summed E-state index contributed by atoms with van der Waals surface area (Å²) in [5.41, 5.74) is 9.63. The molecule has 1 spiro atoms. The molecule has 10 atom stereocenters. The lowest BCUT2D eigenvalue weighted by atomic mass is 9.82. The van der Waals surface area contributed by atoms with Gasteiger partial charge >= 0.3 is 12.2 Å². The number of ether oxygens (including phenoxy) is 2. The van der Waals surface area contributed by atoms with E-state index in [2.05, 4.69) is 57.0 Å². The largest absolute Gasteiger partial charge is 0.453 e. The Bertz CT molecular complexity index is 2470. The second-order valence-corrected chi connectivity index (χ2v) is 20.2. The van der Waals surface area contributed by atoms with Gasteiger partial charge in [-0.05, 0) is 108 Å². The number of aromatic amines is 2. The molecule has 14 heteroatoms. The highest BCUT2D eigenvalue weighted by Gasteiger charge is 2.58. The van der Waals surface area contributed by atoms with Crippen molar-refractivity contribution < 1.29 is 28.7 Å². The molecule has 14 nitrogen and oxygen atoms in total. The molecule has 3 saturated carbocycles. The highest BCUT2D eigenvalue weighted by atomic mass is 16.5. The summed E-state index contributed by atoms with van der Waals surface area (Å²) < 4.78 is 9.79. The summed E-state index contributed by atoms with van der Waals surface area (Å²) in [6.07, 6.45) is 14.9. The molecule has 6 aliphatic rings. The van der Waals surface area contributed by atoms with Crippen LogP contribution in [-0.2, 0) is 31.9 Å². The van der Waals surface area contributed by atoms with Crippen molar-refractivity contribution in [3.05, 3.63) is 71.6 Å². The van der Waals surface area contributed by atoms with Crippen LogP contribution in [0.25, 0.3) is 33.6 Å². The fourth-order valence-electron chi connectivity index (χ4n) is 12.1. The molecule has 65 heavy (non-hydrogen) atoms. The van der Waals surface area contributed by atoms with Crippen molar-refractivity contribution in [2.75, 3.05) is 14.2 Å². The van der Waals surface area contributed by atoms with Gasteiger partial charge in [-0.3, -0.25) is 9.59 Å². The summed E-state index contributed by atoms with van der Waals surface area (Å²) in [5.74, 6) is 2.26. The number of H-pyrrole nitrogens is 2. The first-order chi connectivity index (χ1) is 31.4. The number of hydrogen-bond acceptors (Lipinski definition) is 8. The number of nitrogens with one attached hydrogen (secondary N) is 4. The molecule has 10 unspecified atom stereocenters. The molecular formula is C51H64N8O6. The number of hydrogen-bond donors (Lipinski definition) is 4. The van der Waals surface area contributed by atoms with E-state index < -0.39 is 24.3 Å². The Morgan fingerprint density at radius 1 is 0.677 bits per heavy atom. The van der Waals surface area contributed by atoms with Gasteiger partial charge in [0.05, 0.1) is 50.1 Å². The van der Waals surface area contributed by atoms with Gasteiger partial charge in [0, 0.05) is 17.6 Å². The van der Waals surface area contributed by atoms with E-state index in [9.17, 15) is 19.2 Å². The molecule has 2 aliphatic heterocycles. The summed E-state index contributed by atoms with van der Waals surface area (Å²) in [6.45, 7) is 8.05. The highest BCUT2D eigenvalue weighted by Crippen LogP contribution is 2.56. The number of likely N-dealkylation sites (tertiary alicyclic amines) is 2. The van der Waals surface area contributed by atoms with Gasteiger partial charge < -0.3 is 39.9 Å². The molecule has 0 radical (unpaired) electrons. The normalized spacial score (nSPS) is 26.2. The number of methoxy groups -OCH3 is 2. The summed E-state index contributed by atoms with van der Waals surface area (Å²) in [4.78, 5) is 74.0. The first kappa shape index (κ1) is 43.2. The van der Waals surface area contributed by atoms with Gasteiger partial charge in [0.15, 0.2) is 0 Å². The number of amides is 4. The second-order valence-electron chi connectivity index (χ2n) is 20.2. The zero-order chi connectivity index (χ0) is 45.3. The van der Waals surface area contributed by atoms with Crippen molar-refractivity contribution >= 4 is 24.0 Å². The third-order valence-electron chi connectivity index (χ3n) is 16.4. The number of piperidine rings is 2. The van der Waals surface area contributed by atoms with E-state index in [1.54, 1.807) is 0 Å². The molecule has 2 aromatic heterocycles. The smallest absolute Gasteiger partial charge is 0.407 e. The number of carbonyl (C=O) groups excluding carboxylic acids is 4. The lowest BCUT2D eigenvalue weighted by Gasteiger charge is -2.32. The maximum absolute atomic E-state index is 14.2. The number of benzene rings is 2. The highest BCUT2D eigenvalue weighted by molar-refractivity contribution is 5.88. The average molecular weight is 885 g/mol. The quantitative estimate of drug-likeness (QED) is 0.103. The number of imidazole rings is 2. The van der Waals surface area contributed by atoms with Gasteiger partial charge in [0.1, 0.15) is 23.7 Å². The van der Waals surface area contributed by atoms with Crippen molar-refractivity contribution in [3.63, 3.8) is 0 Å². The van der Waals surface area contributed by atoms with Gasteiger partial charge in [-0.1, -0.05) is 89.8 Å². The summed E-state index contributed by atoms with van der Waals surface area (Å²) in [7, 11) is 2.65. The van der Waals surface area contributed by atoms with Crippen molar-refractivity contribution in [1.29, 1.82) is 0 Å². The standard InChI is InChI=1S/C51H64N8O6/c1-7-27(3)43(56-49(62)64-5)47(60)58-39-19-31(39)21-41(58)45-52-25-37(54-45)30-13-11-29(12-14-30)33-15-16-34(36-24-51(23-35(33)36)17-9-10-18-51)38-26-53-46(55-38)42-22-32-20-40(32)59(42)48(61)44(28(4)8-2)57-50(63)65-6/h11-16,25-28,31-32,39-44H,7-10,17-24H2,1-6H3,(H,52,54)(H,53,55)(H,56,62)(H,57,63). The Morgan fingerprint density at radius 3 is 1.65 bits per heavy atom. The van der Waals surface area contributed by atoms with Crippen LogP contribution in [-0.4, -0.2) is 92.1 Å². The molecule has 2 saturated heterocycles. The second kappa shape index (κ2) is 17.0. The lowest BCUT2D eigenvalue weighted by Crippen LogP contribution is -2.52. The van der Waals surface area contributed by atoms with Crippen LogP contribution in [0.1, 0.15) is 127 Å². The SMILES string of the molecule is CCC(C)C(NC(=O)OC)C(=O)N1C(c2ncc(-c3ccc(-c4ccc(-c5cnc(C6CC7CC7N6C(=O)C(NC(=O)OC)C(C)CC)[nH]5)c5c4CC4(CCCC4)C5)cc3)[nH]2)CC2CC21. The number of rotatable bonds is 13. The molecule has 4 aromatic rings. The van der Waals surface area contributed by atoms with Gasteiger partial charge in [0.25, 0.3) is 0 Å². The van der Waals surface area contributed by atoms with E-state index in [1.807, 2.05) is 49.9 Å². The molecule has 10 rings (SSSR count). The van der Waals surface area contributed by atoms with Gasteiger partial charge in [-0.15, -0.1) is 0 Å². The number of nitrogens with zero attached hydrogens (tertiary/aromatic N) is 4. The molecule has 4 aliphatic carbocycles. The van der Waals surface area contributed by atoms with Crippen LogP contribution in [0.4, 0.5) is 9.59 Å². The van der Waals surface area contributed by atoms with Gasteiger partial charge in [-0.2, -0.15) is 0 Å². The molecular weight excluding hydrogens is 821 g/mol. The number of alkyl carbamates (subject to hydrolysis) is 2. The van der Waals surface area contributed by atoms with E-state index in [0.717, 1.165) is 80.0 Å². The van der Waals surface area contributed by atoms with Crippen LogP contribution in [0.5, 0.6) is 0 Å². The fourth-order valence-corrected chi connectivity index (χ4v) is 12.1. The van der Waals surface area contributed by atoms with Crippen LogP contribution in [0.2, 0.25) is 0 Å². The van der Waals surface area contributed by atoms with Gasteiger partial charge in [0.2, 0.25) is 11.8 Å². The third kappa shape index (κ3) is 7.77. The van der Waals surface area contributed by atoms with E-state index in [4.69, 9.17) is 19.4 Å². The molecule has 5 fully saturated rings. The third-order valence-corrected chi connectivity index (χ3v) is 16.4. The zero-order valence-electron chi connectivity index (χ0n) is 38.6. The average Bonchev–Trinajstić information content (AvgIpc) is 3.78. The number of carbonyl (C=O) groups is 4. The fraction of sp³-hybridized carbons (Fsp3) is 0.569. The summed E-state index contributed by atoms with van der Waals surface area (Å²) >= 11 is 0. The van der Waals surface area contributed by atoms with Crippen molar-refractivity contribution in [2.45, 2.75) is 141 Å². The first-order valence-electron chi connectivity index (χ1n) is 24.1. The lowest BCUT2D eigenvalue weighted by molar-refractivity contribution is -0.137. The van der Waals surface area contributed by atoms with E-state index in [-0.39, 0.29) is 53.2 Å². The van der Waals surface area contributed by atoms with Gasteiger partial charge in [-0.25, -0.2) is 19.6 Å². The Hall–Kier alpha value is -5.66. The molecule has 2 aromatic carbocycles. The van der Waals surface area contributed by atoms with E-state index in [1.165, 1.54) is 67.7 Å². The number of aromatic nitrogens is 4. The molecule has 4 heterocycles. The van der Waals surface area contributed by atoms with E-state index in [0.29, 0.717) is 11.8 Å². The van der Waals surface area contributed by atoms with Crippen LogP contribution < -0.4 is 10.6 Å². The predicted octanol–water partition coefficient (Wildman–Crippen LogP) is 8.66. The van der Waals surface area contributed by atoms with Crippen LogP contribution in [0, 0.1) is 29.1 Å². The topological polar surface area (TPSA) is 175 Å². The predicted molar refractivity (Wildman–Crippen MR) is 245 cm³/mol. The Balaban J connectivity index is 0.898. The summed E-state index contributed by atoms with van der Waals surface area (Å²) in [5, 5.41) is 5.65. The minimum atomic E-state index is -0.662. The van der Waals surface area contributed by atoms with Crippen LogP contribution in [0.15, 0.2) is 48.8 Å². The molecule has 344 valence electrons. The molecule has 4 amide bonds. The van der Waals surface area contributed by atoms with Crippen molar-refractivity contribution in [3.8, 4) is 33.6 Å². The Morgan fingerprint density at radius 2 is 1.14 bits per heavy atom. The van der Waals surface area contributed by atoms with Crippen LogP contribution in [0.3, 0.4) is 0 Å². The molecule has 4 N–H and O–H groups in total. The minimum Gasteiger partial charge on any atom is -0.453 e. The maximum Gasteiger partial charge on any atom is 0.407 e. The maximum atomic E-state index is 14.2. The zero-order valence-corrected chi connectivity index (χ0v) is 38.6. The Kier molecular flexibility index (Phi) is 11.3. The van der Waals surface area contributed by atoms with Crippen LogP contribution >= 0.6 is 0 Å². The van der Waals surface area contributed by atoms with E-state index >= 15 is 0 Å². The molecule has 0 bridgehead atoms.